The Morgan fingerprint density at radius 2 is 2.12 bits per heavy atom. The van der Waals surface area contributed by atoms with Gasteiger partial charge in [0.1, 0.15) is 11.6 Å². The van der Waals surface area contributed by atoms with Crippen LogP contribution in [0.4, 0.5) is 5.82 Å². The van der Waals surface area contributed by atoms with Crippen molar-refractivity contribution in [1.82, 2.24) is 9.97 Å². The summed E-state index contributed by atoms with van der Waals surface area (Å²) in [6.45, 7) is 2.79. The Labute approximate surface area is 101 Å². The summed E-state index contributed by atoms with van der Waals surface area (Å²) in [7, 11) is 1.63. The third-order valence-corrected chi connectivity index (χ3v) is 2.57. The molecule has 4 nitrogen and oxygen atoms in total. The van der Waals surface area contributed by atoms with Crippen LogP contribution in [0.1, 0.15) is 11.1 Å². The van der Waals surface area contributed by atoms with Gasteiger partial charge in [0.2, 0.25) is 0 Å². The maximum absolute atomic E-state index is 5.05. The molecule has 0 aliphatic heterocycles. The predicted molar refractivity (Wildman–Crippen MR) is 67.1 cm³/mol. The van der Waals surface area contributed by atoms with E-state index in [9.17, 15) is 0 Å². The van der Waals surface area contributed by atoms with E-state index in [0.29, 0.717) is 0 Å². The Kier molecular flexibility index (Phi) is 3.55. The van der Waals surface area contributed by atoms with Gasteiger partial charge >= 0.3 is 0 Å². The number of nitrogens with zero attached hydrogens (tertiary/aromatic N) is 2. The lowest BCUT2D eigenvalue weighted by molar-refractivity contribution is 0.413. The summed E-state index contributed by atoms with van der Waals surface area (Å²) in [5.74, 6) is 1.60. The molecule has 0 fully saturated rings. The van der Waals surface area contributed by atoms with E-state index in [4.69, 9.17) is 4.74 Å². The Morgan fingerprint density at radius 3 is 2.76 bits per heavy atom. The van der Waals surface area contributed by atoms with Crippen LogP contribution >= 0.6 is 0 Å². The number of hydrogen-bond acceptors (Lipinski definition) is 4. The van der Waals surface area contributed by atoms with Crippen LogP contribution in [0.2, 0.25) is 0 Å². The molecule has 0 aliphatic carbocycles. The molecule has 0 saturated carbocycles. The number of ether oxygens (including phenoxy) is 1. The molecule has 0 radical (unpaired) electrons. The van der Waals surface area contributed by atoms with E-state index < -0.39 is 0 Å². The molecular weight excluding hydrogens is 214 g/mol. The zero-order chi connectivity index (χ0) is 12.1. The first-order valence-electron chi connectivity index (χ1n) is 5.43. The lowest BCUT2D eigenvalue weighted by atomic mass is 10.1. The molecule has 1 N–H and O–H groups in total. The van der Waals surface area contributed by atoms with E-state index in [2.05, 4.69) is 15.3 Å². The third-order valence-electron chi connectivity index (χ3n) is 2.57. The fraction of sp³-hybridized carbons (Fsp3) is 0.231. The zero-order valence-electron chi connectivity index (χ0n) is 9.97. The van der Waals surface area contributed by atoms with E-state index in [1.807, 2.05) is 31.3 Å². The molecule has 2 heterocycles. The standard InChI is InChI=1S/C13H15N3O/c1-10-7-14-6-5-11(10)8-15-13-4-3-12(17-2)9-16-13/h3-7,9H,8H2,1-2H3,(H,15,16). The van der Waals surface area contributed by atoms with Gasteiger partial charge in [0.15, 0.2) is 0 Å². The number of anilines is 1. The quantitative estimate of drug-likeness (QED) is 0.874. The normalized spacial score (nSPS) is 10.0. The maximum atomic E-state index is 5.05. The van der Waals surface area contributed by atoms with Crippen molar-refractivity contribution in [2.24, 2.45) is 0 Å². The van der Waals surface area contributed by atoms with E-state index in [1.165, 1.54) is 11.1 Å². The minimum absolute atomic E-state index is 0.744. The van der Waals surface area contributed by atoms with Crippen molar-refractivity contribution < 1.29 is 4.74 Å². The van der Waals surface area contributed by atoms with Crippen molar-refractivity contribution in [3.8, 4) is 5.75 Å². The van der Waals surface area contributed by atoms with Crippen LogP contribution in [-0.2, 0) is 6.54 Å². The molecule has 0 amide bonds. The van der Waals surface area contributed by atoms with Crippen molar-refractivity contribution in [3.05, 3.63) is 47.9 Å². The molecule has 0 saturated heterocycles. The number of aromatic nitrogens is 2. The highest BCUT2D eigenvalue weighted by Gasteiger charge is 1.99. The summed E-state index contributed by atoms with van der Waals surface area (Å²) >= 11 is 0. The highest BCUT2D eigenvalue weighted by Crippen LogP contribution is 2.13. The lowest BCUT2D eigenvalue weighted by Crippen LogP contribution is -2.03. The van der Waals surface area contributed by atoms with Gasteiger partial charge in [-0.2, -0.15) is 0 Å². The number of methoxy groups -OCH3 is 1. The van der Waals surface area contributed by atoms with Crippen molar-refractivity contribution in [2.45, 2.75) is 13.5 Å². The number of hydrogen-bond donors (Lipinski definition) is 1. The van der Waals surface area contributed by atoms with Crippen LogP contribution in [0.5, 0.6) is 5.75 Å². The van der Waals surface area contributed by atoms with Crippen LogP contribution < -0.4 is 10.1 Å². The van der Waals surface area contributed by atoms with Crippen LogP contribution in [-0.4, -0.2) is 17.1 Å². The summed E-state index contributed by atoms with van der Waals surface area (Å²) in [4.78, 5) is 8.31. The van der Waals surface area contributed by atoms with E-state index >= 15 is 0 Å². The molecule has 88 valence electrons. The molecule has 0 aromatic carbocycles. The number of nitrogens with one attached hydrogen (secondary N) is 1. The molecular formula is C13H15N3O. The molecule has 2 aromatic heterocycles. The van der Waals surface area contributed by atoms with Gasteiger partial charge in [-0.05, 0) is 36.2 Å². The molecule has 2 aromatic rings. The largest absolute Gasteiger partial charge is 0.495 e. The van der Waals surface area contributed by atoms with Crippen LogP contribution in [0.25, 0.3) is 0 Å². The second-order valence-electron chi connectivity index (χ2n) is 3.74. The average Bonchev–Trinajstić information content (AvgIpc) is 2.38. The Hall–Kier alpha value is -2.10. The van der Waals surface area contributed by atoms with E-state index in [-0.39, 0.29) is 0 Å². The summed E-state index contributed by atoms with van der Waals surface area (Å²) < 4.78 is 5.05. The highest BCUT2D eigenvalue weighted by atomic mass is 16.5. The Bertz CT molecular complexity index is 482. The van der Waals surface area contributed by atoms with Gasteiger partial charge in [0.25, 0.3) is 0 Å². The van der Waals surface area contributed by atoms with Gasteiger partial charge in [-0.15, -0.1) is 0 Å². The second-order valence-corrected chi connectivity index (χ2v) is 3.74. The van der Waals surface area contributed by atoms with Gasteiger partial charge in [0.05, 0.1) is 13.3 Å². The first-order chi connectivity index (χ1) is 8.29. The summed E-state index contributed by atoms with van der Waals surface area (Å²) in [6, 6.07) is 5.79. The summed E-state index contributed by atoms with van der Waals surface area (Å²) in [6.07, 6.45) is 5.35. The zero-order valence-corrected chi connectivity index (χ0v) is 9.97. The predicted octanol–water partition coefficient (Wildman–Crippen LogP) is 2.41. The van der Waals surface area contributed by atoms with Gasteiger partial charge in [-0.3, -0.25) is 4.98 Å². The minimum Gasteiger partial charge on any atom is -0.495 e. The van der Waals surface area contributed by atoms with Crippen molar-refractivity contribution in [2.75, 3.05) is 12.4 Å². The molecule has 0 aliphatic rings. The second kappa shape index (κ2) is 5.30. The lowest BCUT2D eigenvalue weighted by Gasteiger charge is -2.08. The Balaban J connectivity index is 2.00. The maximum Gasteiger partial charge on any atom is 0.137 e. The number of aryl methyl sites for hydroxylation is 1. The van der Waals surface area contributed by atoms with Crippen LogP contribution in [0.3, 0.4) is 0 Å². The Morgan fingerprint density at radius 1 is 1.24 bits per heavy atom. The first kappa shape index (κ1) is 11.4. The smallest absolute Gasteiger partial charge is 0.137 e. The van der Waals surface area contributed by atoms with Gasteiger partial charge in [-0.1, -0.05) is 0 Å². The topological polar surface area (TPSA) is 47.0 Å². The van der Waals surface area contributed by atoms with Crippen molar-refractivity contribution >= 4 is 5.82 Å². The monoisotopic (exact) mass is 229 g/mol. The highest BCUT2D eigenvalue weighted by molar-refractivity contribution is 5.39. The molecule has 0 atom stereocenters. The number of pyridine rings is 2. The SMILES string of the molecule is COc1ccc(NCc2ccncc2C)nc1. The van der Waals surface area contributed by atoms with Crippen molar-refractivity contribution in [3.63, 3.8) is 0 Å². The molecule has 2 rings (SSSR count). The molecule has 4 heteroatoms. The van der Waals surface area contributed by atoms with Crippen molar-refractivity contribution in [1.29, 1.82) is 0 Å². The van der Waals surface area contributed by atoms with Crippen LogP contribution in [0, 0.1) is 6.92 Å². The first-order valence-corrected chi connectivity index (χ1v) is 5.43. The van der Waals surface area contributed by atoms with E-state index in [0.717, 1.165) is 18.1 Å². The fourth-order valence-corrected chi connectivity index (χ4v) is 1.49. The van der Waals surface area contributed by atoms with E-state index in [1.54, 1.807) is 19.5 Å². The average molecular weight is 229 g/mol. The molecule has 0 spiro atoms. The summed E-state index contributed by atoms with van der Waals surface area (Å²) in [5, 5.41) is 3.26. The summed E-state index contributed by atoms with van der Waals surface area (Å²) in [5.41, 5.74) is 2.39. The van der Waals surface area contributed by atoms with Gasteiger partial charge in [0, 0.05) is 18.9 Å². The molecule has 0 bridgehead atoms. The minimum atomic E-state index is 0.744. The number of rotatable bonds is 4. The third kappa shape index (κ3) is 2.93. The van der Waals surface area contributed by atoms with Gasteiger partial charge < -0.3 is 10.1 Å². The fourth-order valence-electron chi connectivity index (χ4n) is 1.49. The van der Waals surface area contributed by atoms with Gasteiger partial charge in [-0.25, -0.2) is 4.98 Å². The molecule has 17 heavy (non-hydrogen) atoms. The van der Waals surface area contributed by atoms with Crippen LogP contribution in [0.15, 0.2) is 36.8 Å². The molecule has 0 unspecified atom stereocenters.